The van der Waals surface area contributed by atoms with E-state index in [2.05, 4.69) is 31.9 Å². The van der Waals surface area contributed by atoms with Crippen molar-refractivity contribution in [1.82, 2.24) is 0 Å². The van der Waals surface area contributed by atoms with E-state index in [1.807, 2.05) is 0 Å². The highest BCUT2D eigenvalue weighted by Gasteiger charge is 2.23. The summed E-state index contributed by atoms with van der Waals surface area (Å²) in [6.07, 6.45) is 0. The second-order valence-electron chi connectivity index (χ2n) is 5.44. The normalized spacial score (nSPS) is 10.7. The van der Waals surface area contributed by atoms with Crippen LogP contribution in [0, 0.1) is 0 Å². The maximum atomic E-state index is 12.9. The number of fused-ring (bicyclic) bond motifs is 1. The fraction of sp³-hybridized carbons (Fsp3) is 0.211. The smallest absolute Gasteiger partial charge is 0.197 e. The maximum Gasteiger partial charge on any atom is 0.197 e. The van der Waals surface area contributed by atoms with Gasteiger partial charge >= 0.3 is 0 Å². The van der Waals surface area contributed by atoms with E-state index in [0.717, 1.165) is 0 Å². The second-order valence-corrected chi connectivity index (χ2v) is 7.03. The van der Waals surface area contributed by atoms with Crippen molar-refractivity contribution in [2.24, 2.45) is 0 Å². The first-order valence-corrected chi connectivity index (χ1v) is 9.34. The van der Waals surface area contributed by atoms with Crippen LogP contribution in [-0.2, 0) is 0 Å². The Kier molecular flexibility index (Phi) is 5.67. The molecule has 1 heterocycles. The summed E-state index contributed by atoms with van der Waals surface area (Å²) >= 11 is 6.88. The van der Waals surface area contributed by atoms with Gasteiger partial charge in [-0.15, -0.1) is 0 Å². The Hall–Kier alpha value is -2.19. The van der Waals surface area contributed by atoms with Crippen LogP contribution in [0.5, 0.6) is 23.0 Å². The molecular formula is C19H16Br2O6. The van der Waals surface area contributed by atoms with E-state index in [4.69, 9.17) is 23.4 Å². The Balaban J connectivity index is 2.37. The van der Waals surface area contributed by atoms with Crippen LogP contribution in [0.4, 0.5) is 0 Å². The number of methoxy groups -OCH3 is 4. The molecule has 0 saturated carbocycles. The van der Waals surface area contributed by atoms with E-state index in [0.29, 0.717) is 54.2 Å². The summed E-state index contributed by atoms with van der Waals surface area (Å²) in [5.74, 6) is 2.30. The number of halogens is 2. The van der Waals surface area contributed by atoms with Crippen molar-refractivity contribution < 1.29 is 23.4 Å². The summed E-state index contributed by atoms with van der Waals surface area (Å²) < 4.78 is 28.5. The van der Waals surface area contributed by atoms with Crippen LogP contribution < -0.4 is 24.4 Å². The molecule has 0 atom stereocenters. The van der Waals surface area contributed by atoms with Crippen LogP contribution in [0.2, 0.25) is 0 Å². The molecule has 0 N–H and O–H groups in total. The molecule has 0 aliphatic heterocycles. The third kappa shape index (κ3) is 3.27. The summed E-state index contributed by atoms with van der Waals surface area (Å²) in [6.45, 7) is 0. The topological polar surface area (TPSA) is 67.1 Å². The third-order valence-electron chi connectivity index (χ3n) is 4.05. The van der Waals surface area contributed by atoms with Crippen molar-refractivity contribution in [3.05, 3.63) is 43.4 Å². The van der Waals surface area contributed by atoms with Crippen LogP contribution in [0.15, 0.2) is 42.4 Å². The lowest BCUT2D eigenvalue weighted by atomic mass is 10.1. The van der Waals surface area contributed by atoms with Crippen LogP contribution >= 0.6 is 31.9 Å². The predicted molar refractivity (Wildman–Crippen MR) is 110 cm³/mol. The standard InChI is InChI=1S/C19H16Br2O6/c1-23-9-5-6-10(12(7-9)24-2)13-8-11(22)14-17(25-3)15(20)19(26-4)16(21)18(14)27-13/h5-8H,1-4H3. The Morgan fingerprint density at radius 2 is 1.56 bits per heavy atom. The third-order valence-corrected chi connectivity index (χ3v) is 5.50. The van der Waals surface area contributed by atoms with Gasteiger partial charge in [0.1, 0.15) is 31.6 Å². The van der Waals surface area contributed by atoms with Crippen LogP contribution in [-0.4, -0.2) is 28.4 Å². The minimum absolute atomic E-state index is 0.259. The maximum absolute atomic E-state index is 12.9. The molecule has 0 aliphatic carbocycles. The lowest BCUT2D eigenvalue weighted by Crippen LogP contribution is -2.05. The number of hydrogen-bond acceptors (Lipinski definition) is 6. The molecular weight excluding hydrogens is 484 g/mol. The van der Waals surface area contributed by atoms with Crippen LogP contribution in [0.25, 0.3) is 22.3 Å². The SMILES string of the molecule is COc1ccc(-c2cc(=O)c3c(OC)c(Br)c(OC)c(Br)c3o2)c(OC)c1. The molecule has 27 heavy (non-hydrogen) atoms. The summed E-state index contributed by atoms with van der Waals surface area (Å²) in [4.78, 5) is 12.9. The fourth-order valence-electron chi connectivity index (χ4n) is 2.78. The molecule has 0 radical (unpaired) electrons. The number of rotatable bonds is 5. The zero-order chi connectivity index (χ0) is 19.7. The van der Waals surface area contributed by atoms with Crippen molar-refractivity contribution in [3.63, 3.8) is 0 Å². The van der Waals surface area contributed by atoms with E-state index < -0.39 is 0 Å². The van der Waals surface area contributed by atoms with E-state index >= 15 is 0 Å². The molecule has 0 bridgehead atoms. The molecule has 0 spiro atoms. The first-order valence-electron chi connectivity index (χ1n) is 7.76. The van der Waals surface area contributed by atoms with Crippen molar-refractivity contribution in [1.29, 1.82) is 0 Å². The van der Waals surface area contributed by atoms with E-state index in [1.54, 1.807) is 25.3 Å². The molecule has 2 aromatic carbocycles. The van der Waals surface area contributed by atoms with Gasteiger partial charge in [-0.3, -0.25) is 4.79 Å². The van der Waals surface area contributed by atoms with Gasteiger partial charge in [0.15, 0.2) is 22.5 Å². The molecule has 0 aliphatic rings. The molecule has 0 saturated heterocycles. The average Bonchev–Trinajstić information content (AvgIpc) is 2.68. The Morgan fingerprint density at radius 1 is 0.852 bits per heavy atom. The minimum Gasteiger partial charge on any atom is -0.497 e. The van der Waals surface area contributed by atoms with E-state index in [9.17, 15) is 4.79 Å². The van der Waals surface area contributed by atoms with Gasteiger partial charge in [-0.1, -0.05) is 0 Å². The van der Waals surface area contributed by atoms with Gasteiger partial charge in [0.25, 0.3) is 0 Å². The highest BCUT2D eigenvalue weighted by atomic mass is 79.9. The van der Waals surface area contributed by atoms with Crippen molar-refractivity contribution in [2.75, 3.05) is 28.4 Å². The summed E-state index contributed by atoms with van der Waals surface area (Å²) in [5, 5.41) is 0.299. The van der Waals surface area contributed by atoms with Gasteiger partial charge in [-0.05, 0) is 44.0 Å². The monoisotopic (exact) mass is 498 g/mol. The van der Waals surface area contributed by atoms with Gasteiger partial charge in [-0.2, -0.15) is 0 Å². The lowest BCUT2D eigenvalue weighted by Gasteiger charge is -2.15. The highest BCUT2D eigenvalue weighted by molar-refractivity contribution is 9.11. The van der Waals surface area contributed by atoms with E-state index in [-0.39, 0.29) is 5.43 Å². The molecule has 6 nitrogen and oxygen atoms in total. The fourth-order valence-corrected chi connectivity index (χ4v) is 4.41. The Bertz CT molecular complexity index is 1070. The zero-order valence-corrected chi connectivity index (χ0v) is 18.2. The molecule has 0 fully saturated rings. The van der Waals surface area contributed by atoms with Gasteiger partial charge in [0, 0.05) is 12.1 Å². The molecule has 0 unspecified atom stereocenters. The van der Waals surface area contributed by atoms with Crippen molar-refractivity contribution in [3.8, 4) is 34.3 Å². The first-order chi connectivity index (χ1) is 13.0. The lowest BCUT2D eigenvalue weighted by molar-refractivity contribution is 0.389. The average molecular weight is 500 g/mol. The van der Waals surface area contributed by atoms with Crippen molar-refractivity contribution >= 4 is 42.8 Å². The Morgan fingerprint density at radius 3 is 2.15 bits per heavy atom. The summed E-state index contributed by atoms with van der Waals surface area (Å²) in [6, 6.07) is 6.65. The number of ether oxygens (including phenoxy) is 4. The number of hydrogen-bond donors (Lipinski definition) is 0. The van der Waals surface area contributed by atoms with Gasteiger partial charge in [0.2, 0.25) is 0 Å². The zero-order valence-electron chi connectivity index (χ0n) is 15.0. The molecule has 0 amide bonds. The van der Waals surface area contributed by atoms with Crippen LogP contribution in [0.1, 0.15) is 0 Å². The van der Waals surface area contributed by atoms with Gasteiger partial charge in [0.05, 0.1) is 34.0 Å². The molecule has 1 aromatic heterocycles. The Labute approximate surface area is 172 Å². The molecule has 3 aromatic rings. The van der Waals surface area contributed by atoms with Crippen molar-refractivity contribution in [2.45, 2.75) is 0 Å². The second kappa shape index (κ2) is 7.82. The highest BCUT2D eigenvalue weighted by Crippen LogP contribution is 2.47. The predicted octanol–water partition coefficient (Wildman–Crippen LogP) is 5.02. The molecule has 3 rings (SSSR count). The largest absolute Gasteiger partial charge is 0.497 e. The molecule has 142 valence electrons. The van der Waals surface area contributed by atoms with Gasteiger partial charge in [-0.25, -0.2) is 0 Å². The first kappa shape index (κ1) is 19.6. The van der Waals surface area contributed by atoms with E-state index in [1.165, 1.54) is 27.4 Å². The minimum atomic E-state index is -0.259. The molecule has 8 heteroatoms. The van der Waals surface area contributed by atoms with Gasteiger partial charge < -0.3 is 23.4 Å². The number of benzene rings is 2. The quantitative estimate of drug-likeness (QED) is 0.491. The van der Waals surface area contributed by atoms with Crippen LogP contribution in [0.3, 0.4) is 0 Å². The summed E-state index contributed by atoms with van der Waals surface area (Å²) in [5.41, 5.74) is 0.669. The summed E-state index contributed by atoms with van der Waals surface area (Å²) in [7, 11) is 6.10.